The third kappa shape index (κ3) is 5.67. The van der Waals surface area contributed by atoms with Crippen molar-refractivity contribution in [3.63, 3.8) is 0 Å². The molecule has 0 bridgehead atoms. The average Bonchev–Trinajstić information content (AvgIpc) is 2.73. The summed E-state index contributed by atoms with van der Waals surface area (Å²) < 4.78 is 10.9. The molecule has 1 rings (SSSR count). The van der Waals surface area contributed by atoms with E-state index in [1.807, 2.05) is 13.1 Å². The van der Waals surface area contributed by atoms with Crippen LogP contribution in [0.15, 0.2) is 16.5 Å². The Kier molecular flexibility index (Phi) is 7.01. The van der Waals surface area contributed by atoms with Gasteiger partial charge in [-0.1, -0.05) is 13.8 Å². The molecule has 0 atom stereocenters. The van der Waals surface area contributed by atoms with E-state index in [-0.39, 0.29) is 0 Å². The van der Waals surface area contributed by atoms with Crippen LogP contribution in [0.5, 0.6) is 0 Å². The standard InChI is InChI=1S/C14H26N2O2/c1-12(2)10-16(7-8-17-4)11-14-6-5-13(18-14)9-15-3/h5-6,12,15H,7-11H2,1-4H3. The second kappa shape index (κ2) is 8.29. The van der Waals surface area contributed by atoms with Crippen LogP contribution >= 0.6 is 0 Å². The van der Waals surface area contributed by atoms with Crippen LogP contribution in [-0.2, 0) is 17.8 Å². The van der Waals surface area contributed by atoms with Crippen molar-refractivity contribution < 1.29 is 9.15 Å². The van der Waals surface area contributed by atoms with E-state index in [9.17, 15) is 0 Å². The van der Waals surface area contributed by atoms with Gasteiger partial charge in [0.25, 0.3) is 0 Å². The maximum atomic E-state index is 5.77. The van der Waals surface area contributed by atoms with Gasteiger partial charge in [0, 0.05) is 20.2 Å². The second-order valence-corrected chi connectivity index (χ2v) is 5.02. The fourth-order valence-electron chi connectivity index (χ4n) is 1.97. The molecule has 0 fully saturated rings. The van der Waals surface area contributed by atoms with Crippen molar-refractivity contribution in [2.24, 2.45) is 5.92 Å². The van der Waals surface area contributed by atoms with Crippen molar-refractivity contribution >= 4 is 0 Å². The lowest BCUT2D eigenvalue weighted by Gasteiger charge is -2.22. The van der Waals surface area contributed by atoms with E-state index in [0.717, 1.165) is 44.3 Å². The molecule has 0 aliphatic heterocycles. The lowest BCUT2D eigenvalue weighted by atomic mass is 10.2. The molecule has 104 valence electrons. The minimum absolute atomic E-state index is 0.647. The largest absolute Gasteiger partial charge is 0.463 e. The number of furan rings is 1. The summed E-state index contributed by atoms with van der Waals surface area (Å²) in [6.45, 7) is 8.86. The lowest BCUT2D eigenvalue weighted by Crippen LogP contribution is -2.30. The molecular weight excluding hydrogens is 228 g/mol. The highest BCUT2D eigenvalue weighted by molar-refractivity contribution is 5.07. The monoisotopic (exact) mass is 254 g/mol. The molecule has 0 spiro atoms. The zero-order valence-corrected chi connectivity index (χ0v) is 12.0. The summed E-state index contributed by atoms with van der Waals surface area (Å²) in [5.74, 6) is 2.66. The van der Waals surface area contributed by atoms with Crippen LogP contribution < -0.4 is 5.32 Å². The first-order valence-corrected chi connectivity index (χ1v) is 6.59. The minimum atomic E-state index is 0.647. The van der Waals surface area contributed by atoms with Crippen LogP contribution in [-0.4, -0.2) is 38.8 Å². The van der Waals surface area contributed by atoms with Gasteiger partial charge in [0.15, 0.2) is 0 Å². The van der Waals surface area contributed by atoms with Crippen LogP contribution in [0, 0.1) is 5.92 Å². The molecule has 0 radical (unpaired) electrons. The molecule has 0 aromatic carbocycles. The summed E-state index contributed by atoms with van der Waals surface area (Å²) in [5, 5.41) is 3.09. The van der Waals surface area contributed by atoms with E-state index in [1.165, 1.54) is 0 Å². The normalized spacial score (nSPS) is 11.7. The van der Waals surface area contributed by atoms with E-state index in [0.29, 0.717) is 5.92 Å². The molecule has 1 aromatic heterocycles. The molecule has 4 nitrogen and oxygen atoms in total. The summed E-state index contributed by atoms with van der Waals surface area (Å²) in [4.78, 5) is 2.37. The van der Waals surface area contributed by atoms with Gasteiger partial charge in [-0.3, -0.25) is 4.90 Å². The van der Waals surface area contributed by atoms with Crippen LogP contribution in [0.25, 0.3) is 0 Å². The van der Waals surface area contributed by atoms with Gasteiger partial charge in [0.1, 0.15) is 11.5 Å². The summed E-state index contributed by atoms with van der Waals surface area (Å²) in [7, 11) is 3.66. The fourth-order valence-corrected chi connectivity index (χ4v) is 1.97. The minimum Gasteiger partial charge on any atom is -0.463 e. The van der Waals surface area contributed by atoms with Gasteiger partial charge in [-0.2, -0.15) is 0 Å². The van der Waals surface area contributed by atoms with Crippen molar-refractivity contribution in [3.8, 4) is 0 Å². The van der Waals surface area contributed by atoms with Crippen LogP contribution in [0.2, 0.25) is 0 Å². The van der Waals surface area contributed by atoms with Gasteiger partial charge >= 0.3 is 0 Å². The number of ether oxygens (including phenoxy) is 1. The van der Waals surface area contributed by atoms with Gasteiger partial charge in [0.2, 0.25) is 0 Å². The van der Waals surface area contributed by atoms with E-state index in [1.54, 1.807) is 7.11 Å². The first-order chi connectivity index (χ1) is 8.65. The first kappa shape index (κ1) is 15.2. The van der Waals surface area contributed by atoms with Crippen LogP contribution in [0.4, 0.5) is 0 Å². The predicted molar refractivity (Wildman–Crippen MR) is 73.5 cm³/mol. The van der Waals surface area contributed by atoms with Crippen molar-refractivity contribution in [1.29, 1.82) is 0 Å². The quantitative estimate of drug-likeness (QED) is 0.732. The maximum absolute atomic E-state index is 5.77. The number of rotatable bonds is 9. The Morgan fingerprint density at radius 3 is 2.67 bits per heavy atom. The van der Waals surface area contributed by atoms with Crippen molar-refractivity contribution in [2.45, 2.75) is 26.9 Å². The average molecular weight is 254 g/mol. The zero-order chi connectivity index (χ0) is 13.4. The third-order valence-corrected chi connectivity index (χ3v) is 2.68. The number of nitrogens with one attached hydrogen (secondary N) is 1. The van der Waals surface area contributed by atoms with Crippen LogP contribution in [0.3, 0.4) is 0 Å². The summed E-state index contributed by atoms with van der Waals surface area (Å²) in [6, 6.07) is 4.10. The van der Waals surface area contributed by atoms with Gasteiger partial charge in [-0.25, -0.2) is 0 Å². The molecule has 1 aromatic rings. The summed E-state index contributed by atoms with van der Waals surface area (Å²) in [6.07, 6.45) is 0. The molecule has 18 heavy (non-hydrogen) atoms. The Morgan fingerprint density at radius 1 is 1.33 bits per heavy atom. The number of hydrogen-bond acceptors (Lipinski definition) is 4. The molecule has 0 unspecified atom stereocenters. The first-order valence-electron chi connectivity index (χ1n) is 6.59. The Bertz CT molecular complexity index is 323. The smallest absolute Gasteiger partial charge is 0.118 e. The van der Waals surface area contributed by atoms with Gasteiger partial charge in [-0.05, 0) is 25.1 Å². The van der Waals surface area contributed by atoms with Crippen molar-refractivity contribution in [3.05, 3.63) is 23.7 Å². The zero-order valence-electron chi connectivity index (χ0n) is 12.0. The van der Waals surface area contributed by atoms with Gasteiger partial charge < -0.3 is 14.5 Å². The van der Waals surface area contributed by atoms with E-state index in [4.69, 9.17) is 9.15 Å². The van der Waals surface area contributed by atoms with E-state index in [2.05, 4.69) is 30.1 Å². The molecule has 0 aliphatic rings. The molecule has 0 aliphatic carbocycles. The van der Waals surface area contributed by atoms with Gasteiger partial charge in [-0.15, -0.1) is 0 Å². The Hall–Kier alpha value is -0.840. The van der Waals surface area contributed by atoms with E-state index >= 15 is 0 Å². The highest BCUT2D eigenvalue weighted by Gasteiger charge is 2.10. The Morgan fingerprint density at radius 2 is 2.06 bits per heavy atom. The number of methoxy groups -OCH3 is 1. The topological polar surface area (TPSA) is 37.6 Å². The second-order valence-electron chi connectivity index (χ2n) is 5.02. The molecule has 0 saturated carbocycles. The van der Waals surface area contributed by atoms with Crippen molar-refractivity contribution in [1.82, 2.24) is 10.2 Å². The maximum Gasteiger partial charge on any atom is 0.118 e. The third-order valence-electron chi connectivity index (χ3n) is 2.68. The SMILES string of the molecule is CNCc1ccc(CN(CCOC)CC(C)C)o1. The van der Waals surface area contributed by atoms with Crippen LogP contribution in [0.1, 0.15) is 25.4 Å². The molecule has 0 amide bonds. The van der Waals surface area contributed by atoms with Gasteiger partial charge in [0.05, 0.1) is 19.7 Å². The molecule has 4 heteroatoms. The lowest BCUT2D eigenvalue weighted by molar-refractivity contribution is 0.130. The fraction of sp³-hybridized carbons (Fsp3) is 0.714. The van der Waals surface area contributed by atoms with E-state index < -0.39 is 0 Å². The highest BCUT2D eigenvalue weighted by atomic mass is 16.5. The molecule has 1 N–H and O–H groups in total. The summed E-state index contributed by atoms with van der Waals surface area (Å²) >= 11 is 0. The number of hydrogen-bond donors (Lipinski definition) is 1. The molecule has 1 heterocycles. The predicted octanol–water partition coefficient (Wildman–Crippen LogP) is 2.10. The molecular formula is C14H26N2O2. The Balaban J connectivity index is 2.51. The van der Waals surface area contributed by atoms with Crippen molar-refractivity contribution in [2.75, 3.05) is 33.9 Å². The summed E-state index contributed by atoms with van der Waals surface area (Å²) in [5.41, 5.74) is 0. The highest BCUT2D eigenvalue weighted by Crippen LogP contribution is 2.11. The Labute approximate surface area is 110 Å². The number of nitrogens with zero attached hydrogens (tertiary/aromatic N) is 1. The molecule has 0 saturated heterocycles.